The summed E-state index contributed by atoms with van der Waals surface area (Å²) in [5.74, 6) is -2.32. The van der Waals surface area contributed by atoms with Gasteiger partial charge in [0.25, 0.3) is 0 Å². The number of alkyl carbamates (subject to hydrolysis) is 1. The lowest BCUT2D eigenvalue weighted by Crippen LogP contribution is -2.70. The normalized spacial score (nSPS) is 18.4. The van der Waals surface area contributed by atoms with E-state index in [1.165, 1.54) is 10.5 Å². The highest BCUT2D eigenvalue weighted by atomic mass is 16.6. The van der Waals surface area contributed by atoms with E-state index in [1.807, 2.05) is 109 Å². The number of rotatable bonds is 14. The number of aliphatic imine (C=N–C) groups is 1. The smallest absolute Gasteiger partial charge is 0.437 e. The van der Waals surface area contributed by atoms with E-state index in [9.17, 15) is 28.8 Å². The number of β-lactam (4-membered cyclic amide) rings is 1. The summed E-state index contributed by atoms with van der Waals surface area (Å²) in [6.45, 7) is 2.17. The van der Waals surface area contributed by atoms with Crippen LogP contribution in [-0.2, 0) is 50.0 Å². The number of likely N-dealkylation sites (tertiary alicyclic amines) is 2. The van der Waals surface area contributed by atoms with E-state index >= 15 is 0 Å². The Labute approximate surface area is 391 Å². The topological polar surface area (TPSA) is 171 Å². The molecule has 3 atom stereocenters. The van der Waals surface area contributed by atoms with Gasteiger partial charge in [-0.15, -0.1) is 4.99 Å². The number of piperazine rings is 1. The number of imide groups is 1. The molecule has 352 valence electrons. The van der Waals surface area contributed by atoms with Crippen molar-refractivity contribution in [2.45, 2.75) is 64.4 Å². The number of carbonyl (C=O) groups excluding carboxylic acids is 6. The quantitative estimate of drug-likeness (QED) is 0.0344. The van der Waals surface area contributed by atoms with Gasteiger partial charge in [-0.05, 0) is 66.7 Å². The Morgan fingerprint density at radius 2 is 1.19 bits per heavy atom. The minimum atomic E-state index is -1.17. The number of amides is 7. The van der Waals surface area contributed by atoms with Crippen molar-refractivity contribution in [3.8, 4) is 0 Å². The van der Waals surface area contributed by atoms with Crippen LogP contribution in [0.4, 0.5) is 19.2 Å². The first-order valence-electron chi connectivity index (χ1n) is 23.0. The van der Waals surface area contributed by atoms with Crippen molar-refractivity contribution < 1.29 is 43.0 Å². The maximum Gasteiger partial charge on any atom is 0.437 e. The van der Waals surface area contributed by atoms with Crippen LogP contribution < -0.4 is 5.32 Å². The van der Waals surface area contributed by atoms with Crippen molar-refractivity contribution in [1.29, 1.82) is 0 Å². The van der Waals surface area contributed by atoms with Gasteiger partial charge in [-0.3, -0.25) is 10.1 Å². The highest BCUT2D eigenvalue weighted by Gasteiger charge is 2.57. The fourth-order valence-corrected chi connectivity index (χ4v) is 8.65. The van der Waals surface area contributed by atoms with Crippen LogP contribution >= 0.6 is 0 Å². The lowest BCUT2D eigenvalue weighted by molar-refractivity contribution is -0.172. The zero-order chi connectivity index (χ0) is 47.0. The summed E-state index contributed by atoms with van der Waals surface area (Å²) < 4.78 is 16.6. The molecular weight excluding hydrogens is 855 g/mol. The number of urea groups is 2. The predicted octanol–water partition coefficient (Wildman–Crippen LogP) is 7.09. The number of carbonyl (C=O) groups is 6. The first-order chi connectivity index (χ1) is 32.6. The largest absolute Gasteiger partial charge is 0.459 e. The molecule has 0 radical (unpaired) electrons. The average molecular weight is 914 g/mol. The number of nitrogens with zero attached hydrogens (tertiary/aromatic N) is 6. The molecule has 0 spiro atoms. The number of ether oxygens (including phenoxy) is 3. The zero-order valence-electron chi connectivity index (χ0n) is 38.0. The molecule has 3 aliphatic heterocycles. The summed E-state index contributed by atoms with van der Waals surface area (Å²) in [4.78, 5) is 93.6. The van der Waals surface area contributed by atoms with Gasteiger partial charge >= 0.3 is 30.2 Å². The van der Waals surface area contributed by atoms with Gasteiger partial charge in [-0.25, -0.2) is 28.9 Å². The van der Waals surface area contributed by atoms with Gasteiger partial charge in [0, 0.05) is 52.9 Å². The Kier molecular flexibility index (Phi) is 17.0. The van der Waals surface area contributed by atoms with Crippen LogP contribution in [0.3, 0.4) is 0 Å². The second kappa shape index (κ2) is 23.8. The van der Waals surface area contributed by atoms with Gasteiger partial charge in [0.2, 0.25) is 11.9 Å². The molecule has 4 aromatic rings. The Hall–Kier alpha value is -7.23. The average Bonchev–Trinajstić information content (AvgIpc) is 3.37. The number of hydrogen-bond donors (Lipinski definition) is 1. The second-order valence-electron chi connectivity index (χ2n) is 17.1. The van der Waals surface area contributed by atoms with Crippen LogP contribution in [0, 0.1) is 11.8 Å². The van der Waals surface area contributed by atoms with E-state index in [-0.39, 0.29) is 76.9 Å². The molecule has 16 heteroatoms. The minimum absolute atomic E-state index is 0.0110. The number of piperidine rings is 1. The Bertz CT molecular complexity index is 2310. The highest BCUT2D eigenvalue weighted by molar-refractivity contribution is 6.08. The number of nitrogens with one attached hydrogen (secondary N) is 1. The zero-order valence-corrected chi connectivity index (χ0v) is 38.0. The third kappa shape index (κ3) is 13.4. The molecule has 16 nitrogen and oxygen atoms in total. The SMILES string of the molecule is CN(CCCCc1ccccc1)C(=O)N1CCN(C(=O)N2C(=O)[C@H](C[C@H]3CCCN(C(=NC(=O)OCc4ccccc4)NC(=O)OCc4ccccc4)C3)C2C(=O)OCc2ccccc2)CC1. The Balaban J connectivity index is 0.984. The molecule has 1 N–H and O–H groups in total. The van der Waals surface area contributed by atoms with Crippen LogP contribution in [0.1, 0.15) is 54.4 Å². The molecule has 1 unspecified atom stereocenters. The number of hydrogen-bond acceptors (Lipinski definition) is 9. The van der Waals surface area contributed by atoms with E-state index in [0.717, 1.165) is 40.9 Å². The maximum atomic E-state index is 14.1. The minimum Gasteiger partial charge on any atom is -0.459 e. The van der Waals surface area contributed by atoms with Crippen LogP contribution in [0.25, 0.3) is 0 Å². The molecule has 3 fully saturated rings. The molecule has 7 amide bonds. The predicted molar refractivity (Wildman–Crippen MR) is 249 cm³/mol. The fourth-order valence-electron chi connectivity index (χ4n) is 8.65. The second-order valence-corrected chi connectivity index (χ2v) is 17.1. The summed E-state index contributed by atoms with van der Waals surface area (Å²) >= 11 is 0. The molecule has 3 aliphatic rings. The number of guanidine groups is 1. The van der Waals surface area contributed by atoms with Crippen LogP contribution in [-0.4, -0.2) is 125 Å². The summed E-state index contributed by atoms with van der Waals surface area (Å²) in [6, 6.07) is 35.8. The third-order valence-corrected chi connectivity index (χ3v) is 12.3. The molecule has 4 aromatic carbocycles. The standard InChI is InChI=1S/C51H59N7O9/c1-54(27-15-14-19-38-17-6-2-7-18-38)50(63)55-29-31-56(32-30-55)51(64)58-44(46(60)65-35-39-20-8-3-9-21-39)43(45(58)59)33-42-26-16-28-57(34-42)47(52-48(61)66-36-40-22-10-4-11-23-40)53-49(62)67-37-41-24-12-5-13-25-41/h2-13,17-18,20-25,42-44H,14-16,19,26-37H2,1H3,(H,52,53,61,62)/t42-,43-,44?/m1/s1. The van der Waals surface area contributed by atoms with Crippen LogP contribution in [0.15, 0.2) is 126 Å². The van der Waals surface area contributed by atoms with E-state index in [4.69, 9.17) is 14.2 Å². The number of aryl methyl sites for hydroxylation is 1. The summed E-state index contributed by atoms with van der Waals surface area (Å²) in [5, 5.41) is 2.63. The van der Waals surface area contributed by atoms with Crippen molar-refractivity contribution in [2.24, 2.45) is 16.8 Å². The molecule has 3 heterocycles. The molecule has 7 rings (SSSR count). The Morgan fingerprint density at radius 3 is 1.79 bits per heavy atom. The monoisotopic (exact) mass is 913 g/mol. The lowest BCUT2D eigenvalue weighted by atomic mass is 9.78. The van der Waals surface area contributed by atoms with Gasteiger partial charge in [-0.2, -0.15) is 0 Å². The summed E-state index contributed by atoms with van der Waals surface area (Å²) in [5.41, 5.74) is 3.55. The number of esters is 1. The van der Waals surface area contributed by atoms with Gasteiger partial charge in [0.15, 0.2) is 6.04 Å². The number of benzene rings is 4. The van der Waals surface area contributed by atoms with E-state index in [0.29, 0.717) is 25.9 Å². The molecule has 0 aromatic heterocycles. The molecule has 0 aliphatic carbocycles. The molecule has 67 heavy (non-hydrogen) atoms. The van der Waals surface area contributed by atoms with Crippen molar-refractivity contribution in [2.75, 3.05) is 52.9 Å². The number of unbranched alkanes of at least 4 members (excludes halogenated alkanes) is 1. The van der Waals surface area contributed by atoms with Gasteiger partial charge in [0.1, 0.15) is 19.8 Å². The molecule has 3 saturated heterocycles. The first-order valence-corrected chi connectivity index (χ1v) is 23.0. The van der Waals surface area contributed by atoms with Gasteiger partial charge < -0.3 is 33.8 Å². The summed E-state index contributed by atoms with van der Waals surface area (Å²) in [7, 11) is 1.78. The van der Waals surface area contributed by atoms with Crippen molar-refractivity contribution in [3.05, 3.63) is 144 Å². The van der Waals surface area contributed by atoms with Crippen molar-refractivity contribution in [1.82, 2.24) is 29.8 Å². The first kappa shape index (κ1) is 47.7. The molecule has 0 bridgehead atoms. The van der Waals surface area contributed by atoms with Crippen molar-refractivity contribution >= 4 is 42.1 Å². The summed E-state index contributed by atoms with van der Waals surface area (Å²) in [6.07, 6.45) is 2.52. The van der Waals surface area contributed by atoms with E-state index in [2.05, 4.69) is 22.4 Å². The van der Waals surface area contributed by atoms with Gasteiger partial charge in [0.05, 0.1) is 5.92 Å². The Morgan fingerprint density at radius 1 is 0.657 bits per heavy atom. The van der Waals surface area contributed by atoms with Crippen molar-refractivity contribution in [3.63, 3.8) is 0 Å². The fraction of sp³-hybridized carbons (Fsp3) is 0.392. The maximum absolute atomic E-state index is 14.1. The highest BCUT2D eigenvalue weighted by Crippen LogP contribution is 2.37. The lowest BCUT2D eigenvalue weighted by Gasteiger charge is -2.48. The van der Waals surface area contributed by atoms with Crippen LogP contribution in [0.5, 0.6) is 0 Å². The van der Waals surface area contributed by atoms with E-state index < -0.39 is 42.1 Å². The molecule has 0 saturated carbocycles. The van der Waals surface area contributed by atoms with Crippen LogP contribution in [0.2, 0.25) is 0 Å². The van der Waals surface area contributed by atoms with Gasteiger partial charge in [-0.1, -0.05) is 121 Å². The molecular formula is C51H59N7O9. The van der Waals surface area contributed by atoms with E-state index in [1.54, 1.807) is 21.7 Å². The third-order valence-electron chi connectivity index (χ3n) is 12.3.